The van der Waals surface area contributed by atoms with Crippen molar-refractivity contribution in [1.29, 1.82) is 0 Å². The van der Waals surface area contributed by atoms with Gasteiger partial charge in [0, 0.05) is 43.4 Å². The molecule has 0 unspecified atom stereocenters. The van der Waals surface area contributed by atoms with Gasteiger partial charge in [-0.15, -0.1) is 0 Å². The number of piperazine rings is 1. The highest BCUT2D eigenvalue weighted by atomic mass is 35.5. The number of nitrogens with one attached hydrogen (secondary N) is 2. The Morgan fingerprint density at radius 1 is 1.08 bits per heavy atom. The van der Waals surface area contributed by atoms with E-state index in [-0.39, 0.29) is 11.8 Å². The summed E-state index contributed by atoms with van der Waals surface area (Å²) in [4.78, 5) is 28.3. The molecule has 0 bridgehead atoms. The van der Waals surface area contributed by atoms with E-state index >= 15 is 0 Å². The van der Waals surface area contributed by atoms with Crippen LogP contribution in [0.1, 0.15) is 25.3 Å². The first-order valence-electron chi connectivity index (χ1n) is 9.25. The molecule has 2 rings (SSSR count). The van der Waals surface area contributed by atoms with Crippen molar-refractivity contribution >= 4 is 29.1 Å². The highest BCUT2D eigenvalue weighted by Crippen LogP contribution is 2.19. The van der Waals surface area contributed by atoms with E-state index in [1.807, 2.05) is 19.1 Å². The molecule has 144 valence electrons. The molecule has 0 aromatic heterocycles. The number of hydrogen-bond donors (Lipinski definition) is 2. The molecule has 1 heterocycles. The van der Waals surface area contributed by atoms with Gasteiger partial charge in [-0.3, -0.25) is 19.4 Å². The van der Waals surface area contributed by atoms with Crippen molar-refractivity contribution in [3.05, 3.63) is 28.8 Å². The lowest BCUT2D eigenvalue weighted by atomic mass is 10.2. The maximum Gasteiger partial charge on any atom is 0.238 e. The molecule has 0 atom stereocenters. The number of hydrogen-bond acceptors (Lipinski definition) is 4. The molecule has 1 aromatic carbocycles. The van der Waals surface area contributed by atoms with E-state index in [2.05, 4.69) is 27.4 Å². The van der Waals surface area contributed by atoms with E-state index in [0.717, 1.165) is 51.1 Å². The Labute approximate surface area is 160 Å². The number of amides is 2. The monoisotopic (exact) mass is 380 g/mol. The lowest BCUT2D eigenvalue weighted by Gasteiger charge is -2.33. The van der Waals surface area contributed by atoms with Gasteiger partial charge in [0.2, 0.25) is 11.8 Å². The summed E-state index contributed by atoms with van der Waals surface area (Å²) >= 11 is 6.09. The van der Waals surface area contributed by atoms with Crippen LogP contribution in [-0.2, 0) is 9.59 Å². The second kappa shape index (κ2) is 10.5. The largest absolute Gasteiger partial charge is 0.355 e. The number of halogens is 1. The predicted molar refractivity (Wildman–Crippen MR) is 106 cm³/mol. The van der Waals surface area contributed by atoms with E-state index in [0.29, 0.717) is 23.8 Å². The molecule has 1 aromatic rings. The maximum atomic E-state index is 12.2. The number of rotatable bonds is 8. The van der Waals surface area contributed by atoms with E-state index in [4.69, 9.17) is 11.6 Å². The number of nitrogens with zero attached hydrogens (tertiary/aromatic N) is 2. The fraction of sp³-hybridized carbons (Fsp3) is 0.579. The first-order valence-corrected chi connectivity index (χ1v) is 9.63. The molecule has 6 nitrogen and oxygen atoms in total. The Morgan fingerprint density at radius 2 is 1.69 bits per heavy atom. The summed E-state index contributed by atoms with van der Waals surface area (Å²) in [5.74, 6) is 0.0385. The second-order valence-corrected chi connectivity index (χ2v) is 7.18. The Balaban J connectivity index is 1.68. The van der Waals surface area contributed by atoms with Crippen LogP contribution in [0.15, 0.2) is 18.2 Å². The third-order valence-electron chi connectivity index (χ3n) is 4.51. The first-order chi connectivity index (χ1) is 12.5. The summed E-state index contributed by atoms with van der Waals surface area (Å²) in [5, 5.41) is 6.47. The van der Waals surface area contributed by atoms with E-state index in [1.54, 1.807) is 6.07 Å². The van der Waals surface area contributed by atoms with Crippen LogP contribution in [0, 0.1) is 6.92 Å². The van der Waals surface area contributed by atoms with Gasteiger partial charge in [-0.2, -0.15) is 0 Å². The Morgan fingerprint density at radius 3 is 2.27 bits per heavy atom. The summed E-state index contributed by atoms with van der Waals surface area (Å²) in [6.07, 6.45) is 2.09. The number of anilines is 1. The minimum absolute atomic E-state index is 0.0457. The summed E-state index contributed by atoms with van der Waals surface area (Å²) < 4.78 is 0. The summed E-state index contributed by atoms with van der Waals surface area (Å²) in [7, 11) is 0. The molecule has 2 N–H and O–H groups in total. The van der Waals surface area contributed by atoms with Crippen molar-refractivity contribution in [2.45, 2.75) is 26.7 Å². The SMILES string of the molecule is CCCCNC(=O)CN1CCN(CC(=O)Nc2ccc(C)c(Cl)c2)CC1. The minimum atomic E-state index is -0.0457. The maximum absolute atomic E-state index is 12.2. The lowest BCUT2D eigenvalue weighted by molar-refractivity contribution is -0.123. The summed E-state index contributed by atoms with van der Waals surface area (Å²) in [5.41, 5.74) is 1.70. The average Bonchev–Trinajstić information content (AvgIpc) is 2.60. The molecule has 0 aliphatic carbocycles. The number of benzene rings is 1. The Bertz CT molecular complexity index is 616. The van der Waals surface area contributed by atoms with Crippen molar-refractivity contribution < 1.29 is 9.59 Å². The van der Waals surface area contributed by atoms with Crippen LogP contribution < -0.4 is 10.6 Å². The molecule has 7 heteroatoms. The second-order valence-electron chi connectivity index (χ2n) is 6.77. The van der Waals surface area contributed by atoms with Crippen molar-refractivity contribution in [1.82, 2.24) is 15.1 Å². The summed E-state index contributed by atoms with van der Waals surface area (Å²) in [6, 6.07) is 5.51. The van der Waals surface area contributed by atoms with Gasteiger partial charge in [-0.25, -0.2) is 0 Å². The molecular weight excluding hydrogens is 352 g/mol. The molecule has 2 amide bonds. The van der Waals surface area contributed by atoms with Crippen LogP contribution in [0.2, 0.25) is 5.02 Å². The highest BCUT2D eigenvalue weighted by molar-refractivity contribution is 6.31. The Kier molecular flexibility index (Phi) is 8.35. The van der Waals surface area contributed by atoms with Gasteiger partial charge in [-0.05, 0) is 31.0 Å². The molecule has 1 aliphatic heterocycles. The minimum Gasteiger partial charge on any atom is -0.355 e. The molecule has 0 spiro atoms. The first kappa shape index (κ1) is 20.7. The molecule has 1 aliphatic rings. The number of carbonyl (C=O) groups excluding carboxylic acids is 2. The van der Waals surface area contributed by atoms with Crippen LogP contribution >= 0.6 is 11.6 Å². The van der Waals surface area contributed by atoms with Gasteiger partial charge < -0.3 is 10.6 Å². The molecular formula is C19H29ClN4O2. The number of unbranched alkanes of at least 4 members (excludes halogenated alkanes) is 1. The van der Waals surface area contributed by atoms with Crippen molar-refractivity contribution in [2.75, 3.05) is 51.1 Å². The van der Waals surface area contributed by atoms with Crippen LogP contribution in [0.3, 0.4) is 0 Å². The third kappa shape index (κ3) is 6.94. The van der Waals surface area contributed by atoms with Crippen LogP contribution in [0.4, 0.5) is 5.69 Å². The fourth-order valence-electron chi connectivity index (χ4n) is 2.84. The van der Waals surface area contributed by atoms with Gasteiger partial charge in [-0.1, -0.05) is 31.0 Å². The Hall–Kier alpha value is -1.63. The van der Waals surface area contributed by atoms with Gasteiger partial charge in [0.05, 0.1) is 13.1 Å². The standard InChI is InChI=1S/C19H29ClN4O2/c1-3-4-7-21-18(25)13-23-8-10-24(11-9-23)14-19(26)22-16-6-5-15(2)17(20)12-16/h5-6,12H,3-4,7-11,13-14H2,1-2H3,(H,21,25)(H,22,26). The van der Waals surface area contributed by atoms with Gasteiger partial charge in [0.15, 0.2) is 0 Å². The zero-order valence-electron chi connectivity index (χ0n) is 15.7. The third-order valence-corrected chi connectivity index (χ3v) is 4.91. The van der Waals surface area contributed by atoms with Crippen molar-refractivity contribution in [2.24, 2.45) is 0 Å². The molecule has 1 saturated heterocycles. The fourth-order valence-corrected chi connectivity index (χ4v) is 3.02. The topological polar surface area (TPSA) is 64.7 Å². The summed E-state index contributed by atoms with van der Waals surface area (Å²) in [6.45, 7) is 8.73. The van der Waals surface area contributed by atoms with Crippen LogP contribution in [-0.4, -0.2) is 67.4 Å². The average molecular weight is 381 g/mol. The normalized spacial score (nSPS) is 15.7. The van der Waals surface area contributed by atoms with Gasteiger partial charge in [0.25, 0.3) is 0 Å². The molecule has 26 heavy (non-hydrogen) atoms. The highest BCUT2D eigenvalue weighted by Gasteiger charge is 2.20. The molecule has 0 saturated carbocycles. The van der Waals surface area contributed by atoms with Crippen LogP contribution in [0.25, 0.3) is 0 Å². The van der Waals surface area contributed by atoms with E-state index in [1.165, 1.54) is 0 Å². The van der Waals surface area contributed by atoms with Crippen LogP contribution in [0.5, 0.6) is 0 Å². The zero-order chi connectivity index (χ0) is 18.9. The van der Waals surface area contributed by atoms with Crippen molar-refractivity contribution in [3.63, 3.8) is 0 Å². The smallest absolute Gasteiger partial charge is 0.238 e. The number of carbonyl (C=O) groups is 2. The quantitative estimate of drug-likeness (QED) is 0.678. The van der Waals surface area contributed by atoms with E-state index in [9.17, 15) is 9.59 Å². The van der Waals surface area contributed by atoms with Crippen molar-refractivity contribution in [3.8, 4) is 0 Å². The van der Waals surface area contributed by atoms with Gasteiger partial charge in [0.1, 0.15) is 0 Å². The zero-order valence-corrected chi connectivity index (χ0v) is 16.4. The predicted octanol–water partition coefficient (Wildman–Crippen LogP) is 2.12. The lowest BCUT2D eigenvalue weighted by Crippen LogP contribution is -2.51. The molecule has 0 radical (unpaired) electrons. The van der Waals surface area contributed by atoms with Gasteiger partial charge >= 0.3 is 0 Å². The van der Waals surface area contributed by atoms with E-state index < -0.39 is 0 Å². The number of aryl methyl sites for hydroxylation is 1. The molecule has 1 fully saturated rings.